The quantitative estimate of drug-likeness (QED) is 0.539. The van der Waals surface area contributed by atoms with E-state index in [0.29, 0.717) is 19.4 Å². The molecule has 1 heterocycles. The van der Waals surface area contributed by atoms with Gasteiger partial charge in [0.1, 0.15) is 5.82 Å². The highest BCUT2D eigenvalue weighted by Gasteiger charge is 2.50. The molecular formula is C12H18N4O3. The Labute approximate surface area is 110 Å². The molecule has 7 nitrogen and oxygen atoms in total. The number of nitrogens with one attached hydrogen (secondary N) is 3. The van der Waals surface area contributed by atoms with Gasteiger partial charge in [-0.05, 0) is 19.3 Å². The van der Waals surface area contributed by atoms with E-state index < -0.39 is 11.4 Å². The van der Waals surface area contributed by atoms with Crippen LogP contribution in [0.15, 0.2) is 12.4 Å². The zero-order chi connectivity index (χ0) is 13.7. The Bertz CT molecular complexity index is 440. The Morgan fingerprint density at radius 2 is 2.21 bits per heavy atom. The molecule has 1 saturated carbocycles. The van der Waals surface area contributed by atoms with Crippen LogP contribution in [0, 0.1) is 5.41 Å². The number of hydrogen-bond donors (Lipinski definition) is 4. The van der Waals surface area contributed by atoms with Crippen molar-refractivity contribution in [3.63, 3.8) is 0 Å². The molecule has 2 amide bonds. The van der Waals surface area contributed by atoms with Gasteiger partial charge in [0, 0.05) is 31.9 Å². The van der Waals surface area contributed by atoms with Crippen LogP contribution in [-0.2, 0) is 11.2 Å². The molecule has 0 aliphatic heterocycles. The number of amides is 2. The summed E-state index contributed by atoms with van der Waals surface area (Å²) in [6.45, 7) is 0.735. The van der Waals surface area contributed by atoms with Crippen molar-refractivity contribution in [2.24, 2.45) is 5.41 Å². The van der Waals surface area contributed by atoms with E-state index in [9.17, 15) is 9.59 Å². The molecule has 0 atom stereocenters. The number of aliphatic carboxylic acids is 1. The van der Waals surface area contributed by atoms with E-state index in [0.717, 1.165) is 18.7 Å². The maximum Gasteiger partial charge on any atom is 0.314 e. The van der Waals surface area contributed by atoms with Crippen molar-refractivity contribution in [1.82, 2.24) is 20.6 Å². The van der Waals surface area contributed by atoms with Gasteiger partial charge in [-0.3, -0.25) is 4.79 Å². The topological polar surface area (TPSA) is 107 Å². The van der Waals surface area contributed by atoms with Crippen molar-refractivity contribution in [3.8, 4) is 0 Å². The number of carbonyl (C=O) groups is 2. The van der Waals surface area contributed by atoms with E-state index in [1.807, 2.05) is 0 Å². The second-order valence-electron chi connectivity index (χ2n) is 4.83. The molecule has 1 aliphatic carbocycles. The van der Waals surface area contributed by atoms with Crippen molar-refractivity contribution in [2.45, 2.75) is 25.7 Å². The van der Waals surface area contributed by atoms with Gasteiger partial charge in [-0.25, -0.2) is 9.78 Å². The molecule has 7 heteroatoms. The van der Waals surface area contributed by atoms with Crippen LogP contribution in [0.3, 0.4) is 0 Å². The molecule has 0 spiro atoms. The predicted octanol–water partition coefficient (Wildman–Crippen LogP) is 0.506. The Hall–Kier alpha value is -2.05. The van der Waals surface area contributed by atoms with Gasteiger partial charge in [0.15, 0.2) is 0 Å². The van der Waals surface area contributed by atoms with E-state index >= 15 is 0 Å². The normalized spacial score (nSPS) is 15.8. The molecule has 0 bridgehead atoms. The van der Waals surface area contributed by atoms with Crippen molar-refractivity contribution < 1.29 is 14.7 Å². The molecule has 104 valence electrons. The largest absolute Gasteiger partial charge is 0.481 e. The second kappa shape index (κ2) is 5.73. The highest BCUT2D eigenvalue weighted by Crippen LogP contribution is 2.45. The minimum absolute atomic E-state index is 0.201. The number of hydrogen-bond acceptors (Lipinski definition) is 3. The fourth-order valence-corrected chi connectivity index (χ4v) is 1.82. The van der Waals surface area contributed by atoms with Gasteiger partial charge in [-0.2, -0.15) is 0 Å². The number of nitrogens with zero attached hydrogens (tertiary/aromatic N) is 1. The average Bonchev–Trinajstić information content (AvgIpc) is 3.01. The fourth-order valence-electron chi connectivity index (χ4n) is 1.82. The van der Waals surface area contributed by atoms with Crippen LogP contribution in [0.4, 0.5) is 4.79 Å². The first-order valence-corrected chi connectivity index (χ1v) is 6.36. The summed E-state index contributed by atoms with van der Waals surface area (Å²) in [6, 6.07) is -0.313. The SMILES string of the molecule is O=C(NCCCc1ncc[nH]1)NCC1(C(=O)O)CC1. The molecule has 4 N–H and O–H groups in total. The molecule has 2 rings (SSSR count). The molecule has 1 aromatic rings. The van der Waals surface area contributed by atoms with E-state index in [-0.39, 0.29) is 12.6 Å². The molecule has 0 aromatic carbocycles. The third kappa shape index (κ3) is 3.70. The van der Waals surface area contributed by atoms with Crippen LogP contribution in [0.2, 0.25) is 0 Å². The number of urea groups is 1. The lowest BCUT2D eigenvalue weighted by Gasteiger charge is -2.11. The summed E-state index contributed by atoms with van der Waals surface area (Å²) in [7, 11) is 0. The molecule has 1 aliphatic rings. The van der Waals surface area contributed by atoms with Crippen molar-refractivity contribution in [1.29, 1.82) is 0 Å². The minimum Gasteiger partial charge on any atom is -0.481 e. The zero-order valence-electron chi connectivity index (χ0n) is 10.6. The number of rotatable bonds is 7. The Morgan fingerprint density at radius 1 is 1.42 bits per heavy atom. The zero-order valence-corrected chi connectivity index (χ0v) is 10.6. The third-order valence-electron chi connectivity index (χ3n) is 3.33. The van der Waals surface area contributed by atoms with Crippen LogP contribution in [0.5, 0.6) is 0 Å². The Kier molecular flexibility index (Phi) is 4.03. The van der Waals surface area contributed by atoms with Crippen LogP contribution >= 0.6 is 0 Å². The van der Waals surface area contributed by atoms with Gasteiger partial charge in [-0.1, -0.05) is 0 Å². The Morgan fingerprint density at radius 3 is 2.79 bits per heavy atom. The highest BCUT2D eigenvalue weighted by molar-refractivity contribution is 5.80. The van der Waals surface area contributed by atoms with Gasteiger partial charge >= 0.3 is 12.0 Å². The summed E-state index contributed by atoms with van der Waals surface area (Å²) >= 11 is 0. The highest BCUT2D eigenvalue weighted by atomic mass is 16.4. The standard InChI is InChI=1S/C12H18N4O3/c17-10(18)12(3-4-12)8-16-11(19)15-5-1-2-9-13-6-7-14-9/h6-7H,1-5,8H2,(H,13,14)(H,17,18)(H2,15,16,19). The molecule has 0 radical (unpaired) electrons. The van der Waals surface area contributed by atoms with Gasteiger partial charge in [0.2, 0.25) is 0 Å². The van der Waals surface area contributed by atoms with Crippen LogP contribution in [-0.4, -0.2) is 40.2 Å². The maximum atomic E-state index is 11.5. The second-order valence-corrected chi connectivity index (χ2v) is 4.83. The first-order valence-electron chi connectivity index (χ1n) is 6.36. The van der Waals surface area contributed by atoms with Gasteiger partial charge in [0.05, 0.1) is 5.41 Å². The van der Waals surface area contributed by atoms with Crippen LogP contribution in [0.1, 0.15) is 25.1 Å². The van der Waals surface area contributed by atoms with Crippen molar-refractivity contribution in [3.05, 3.63) is 18.2 Å². The average molecular weight is 266 g/mol. The molecule has 1 fully saturated rings. The summed E-state index contributed by atoms with van der Waals surface area (Å²) in [5.41, 5.74) is -0.717. The van der Waals surface area contributed by atoms with Crippen LogP contribution in [0.25, 0.3) is 0 Å². The van der Waals surface area contributed by atoms with E-state index in [1.54, 1.807) is 12.4 Å². The summed E-state index contributed by atoms with van der Waals surface area (Å²) in [5.74, 6) is 0.0654. The van der Waals surface area contributed by atoms with E-state index in [2.05, 4.69) is 20.6 Å². The number of carboxylic acids is 1. The summed E-state index contributed by atoms with van der Waals surface area (Å²) < 4.78 is 0. The van der Waals surface area contributed by atoms with Crippen molar-refractivity contribution >= 4 is 12.0 Å². The molecule has 0 unspecified atom stereocenters. The third-order valence-corrected chi connectivity index (χ3v) is 3.33. The van der Waals surface area contributed by atoms with Gasteiger partial charge in [-0.15, -0.1) is 0 Å². The number of aromatic nitrogens is 2. The first-order chi connectivity index (χ1) is 9.12. The molecule has 0 saturated heterocycles. The monoisotopic (exact) mass is 266 g/mol. The lowest BCUT2D eigenvalue weighted by molar-refractivity contribution is -0.143. The van der Waals surface area contributed by atoms with E-state index in [1.165, 1.54) is 0 Å². The van der Waals surface area contributed by atoms with Gasteiger partial charge in [0.25, 0.3) is 0 Å². The van der Waals surface area contributed by atoms with Crippen molar-refractivity contribution in [2.75, 3.05) is 13.1 Å². The number of aromatic amines is 1. The summed E-state index contributed by atoms with van der Waals surface area (Å²) in [5, 5.41) is 14.3. The number of aryl methyl sites for hydroxylation is 1. The van der Waals surface area contributed by atoms with E-state index in [4.69, 9.17) is 5.11 Å². The lowest BCUT2D eigenvalue weighted by atomic mass is 10.1. The number of carboxylic acid groups (broad SMARTS) is 1. The molecular weight excluding hydrogens is 248 g/mol. The summed E-state index contributed by atoms with van der Waals surface area (Å²) in [6.07, 6.45) is 6.28. The maximum absolute atomic E-state index is 11.5. The molecule has 1 aromatic heterocycles. The first kappa shape index (κ1) is 13.4. The van der Waals surface area contributed by atoms with Crippen LogP contribution < -0.4 is 10.6 Å². The minimum atomic E-state index is -0.828. The smallest absolute Gasteiger partial charge is 0.314 e. The predicted molar refractivity (Wildman–Crippen MR) is 67.6 cm³/mol. The fraction of sp³-hybridized carbons (Fsp3) is 0.583. The summed E-state index contributed by atoms with van der Waals surface area (Å²) in [4.78, 5) is 29.4. The van der Waals surface area contributed by atoms with Gasteiger partial charge < -0.3 is 20.7 Å². The lowest BCUT2D eigenvalue weighted by Crippen LogP contribution is -2.41. The Balaban J connectivity index is 1.56. The number of imidazole rings is 1. The number of H-pyrrole nitrogens is 1. The number of carbonyl (C=O) groups excluding carboxylic acids is 1. The molecule has 19 heavy (non-hydrogen) atoms.